The van der Waals surface area contributed by atoms with Crippen molar-refractivity contribution in [3.05, 3.63) is 29.3 Å². The molecule has 0 heterocycles. The first-order valence-corrected chi connectivity index (χ1v) is 7.06. The van der Waals surface area contributed by atoms with Crippen molar-refractivity contribution >= 4 is 23.4 Å². The molecule has 1 rings (SSSR count). The second-order valence-electron chi connectivity index (χ2n) is 4.25. The van der Waals surface area contributed by atoms with E-state index in [1.54, 1.807) is 11.8 Å². The van der Waals surface area contributed by atoms with E-state index < -0.39 is 6.04 Å². The smallest absolute Gasteiger partial charge is 0.241 e. The van der Waals surface area contributed by atoms with Gasteiger partial charge in [-0.1, -0.05) is 6.07 Å². The van der Waals surface area contributed by atoms with Gasteiger partial charge in [0, 0.05) is 5.69 Å². The summed E-state index contributed by atoms with van der Waals surface area (Å²) in [5, 5.41) is 2.86. The summed E-state index contributed by atoms with van der Waals surface area (Å²) < 4.78 is 0. The molecule has 0 aromatic heterocycles. The van der Waals surface area contributed by atoms with E-state index in [9.17, 15) is 4.79 Å². The normalized spacial score (nSPS) is 12.2. The minimum Gasteiger partial charge on any atom is -0.325 e. The maximum Gasteiger partial charge on any atom is 0.241 e. The van der Waals surface area contributed by atoms with Crippen LogP contribution in [0, 0.1) is 13.8 Å². The van der Waals surface area contributed by atoms with Gasteiger partial charge in [-0.15, -0.1) is 0 Å². The molecule has 3 nitrogen and oxygen atoms in total. The van der Waals surface area contributed by atoms with Crippen LogP contribution in [-0.2, 0) is 4.79 Å². The van der Waals surface area contributed by atoms with Crippen LogP contribution in [0.1, 0.15) is 17.5 Å². The maximum absolute atomic E-state index is 11.8. The molecule has 0 spiro atoms. The number of thioether (sulfide) groups is 1. The summed E-state index contributed by atoms with van der Waals surface area (Å²) in [5.41, 5.74) is 8.90. The Morgan fingerprint density at radius 2 is 1.94 bits per heavy atom. The number of hydrogen-bond acceptors (Lipinski definition) is 3. The monoisotopic (exact) mass is 252 g/mol. The molecule has 17 heavy (non-hydrogen) atoms. The highest BCUT2D eigenvalue weighted by atomic mass is 32.2. The lowest BCUT2D eigenvalue weighted by molar-refractivity contribution is -0.117. The highest BCUT2D eigenvalue weighted by Gasteiger charge is 2.12. The molecule has 0 fully saturated rings. The van der Waals surface area contributed by atoms with E-state index in [-0.39, 0.29) is 5.91 Å². The molecule has 3 N–H and O–H groups in total. The molecular weight excluding hydrogens is 232 g/mol. The Balaban J connectivity index is 2.61. The first-order valence-electron chi connectivity index (χ1n) is 5.66. The molecule has 0 saturated heterocycles. The van der Waals surface area contributed by atoms with Crippen molar-refractivity contribution in [2.45, 2.75) is 26.3 Å². The van der Waals surface area contributed by atoms with Gasteiger partial charge in [-0.2, -0.15) is 11.8 Å². The van der Waals surface area contributed by atoms with Crippen LogP contribution in [0.3, 0.4) is 0 Å². The fourth-order valence-corrected chi connectivity index (χ4v) is 2.15. The number of amides is 1. The first-order chi connectivity index (χ1) is 8.02. The Hall–Kier alpha value is -1.00. The molecule has 1 atom stereocenters. The average molecular weight is 252 g/mol. The number of hydrogen-bond donors (Lipinski definition) is 2. The van der Waals surface area contributed by atoms with Gasteiger partial charge < -0.3 is 11.1 Å². The average Bonchev–Trinajstić information content (AvgIpc) is 2.24. The molecule has 0 saturated carbocycles. The lowest BCUT2D eigenvalue weighted by Crippen LogP contribution is -2.36. The van der Waals surface area contributed by atoms with Crippen LogP contribution in [-0.4, -0.2) is 24.0 Å². The molecular formula is C13H20N2OS. The summed E-state index contributed by atoms with van der Waals surface area (Å²) >= 11 is 1.70. The van der Waals surface area contributed by atoms with Gasteiger partial charge in [-0.25, -0.2) is 0 Å². The lowest BCUT2D eigenvalue weighted by atomic mass is 10.1. The Morgan fingerprint density at radius 1 is 1.35 bits per heavy atom. The highest BCUT2D eigenvalue weighted by molar-refractivity contribution is 7.98. The predicted octanol–water partition coefficient (Wildman–Crippen LogP) is 2.32. The molecule has 0 aliphatic heterocycles. The van der Waals surface area contributed by atoms with E-state index in [1.807, 2.05) is 32.2 Å². The Labute approximate surface area is 107 Å². The Kier molecular flexibility index (Phi) is 5.51. The number of rotatable bonds is 5. The van der Waals surface area contributed by atoms with Crippen LogP contribution < -0.4 is 11.1 Å². The van der Waals surface area contributed by atoms with Gasteiger partial charge in [0.05, 0.1) is 6.04 Å². The van der Waals surface area contributed by atoms with Gasteiger partial charge >= 0.3 is 0 Å². The Morgan fingerprint density at radius 3 is 2.47 bits per heavy atom. The fourth-order valence-electron chi connectivity index (χ4n) is 1.66. The standard InChI is InChI=1S/C13H20N2OS/c1-9-6-10(2)8-11(7-9)15-13(16)12(14)4-5-17-3/h6-8,12H,4-5,14H2,1-3H3,(H,15,16)/t12-/m0/s1. The third-order valence-corrected chi connectivity index (χ3v) is 3.10. The zero-order valence-corrected chi connectivity index (χ0v) is 11.4. The highest BCUT2D eigenvalue weighted by Crippen LogP contribution is 2.14. The van der Waals surface area contributed by atoms with Gasteiger partial charge in [-0.3, -0.25) is 4.79 Å². The summed E-state index contributed by atoms with van der Waals surface area (Å²) in [7, 11) is 0. The molecule has 1 aromatic rings. The van der Waals surface area contributed by atoms with Crippen molar-refractivity contribution in [3.63, 3.8) is 0 Å². The number of nitrogens with one attached hydrogen (secondary N) is 1. The van der Waals surface area contributed by atoms with Crippen molar-refractivity contribution < 1.29 is 4.79 Å². The predicted molar refractivity (Wildman–Crippen MR) is 75.5 cm³/mol. The maximum atomic E-state index is 11.8. The van der Waals surface area contributed by atoms with Crippen molar-refractivity contribution in [1.82, 2.24) is 0 Å². The molecule has 0 aliphatic carbocycles. The van der Waals surface area contributed by atoms with Gasteiger partial charge in [0.2, 0.25) is 5.91 Å². The van der Waals surface area contributed by atoms with Crippen LogP contribution in [0.4, 0.5) is 5.69 Å². The summed E-state index contributed by atoms with van der Waals surface area (Å²) in [4.78, 5) is 11.8. The zero-order valence-electron chi connectivity index (χ0n) is 10.6. The largest absolute Gasteiger partial charge is 0.325 e. The number of carbonyl (C=O) groups excluding carboxylic acids is 1. The molecule has 0 aliphatic rings. The van der Waals surface area contributed by atoms with Crippen molar-refractivity contribution in [1.29, 1.82) is 0 Å². The van der Waals surface area contributed by atoms with Gasteiger partial charge in [-0.05, 0) is 55.5 Å². The molecule has 4 heteroatoms. The van der Waals surface area contributed by atoms with Gasteiger partial charge in [0.1, 0.15) is 0 Å². The molecule has 0 radical (unpaired) electrons. The molecule has 94 valence electrons. The summed E-state index contributed by atoms with van der Waals surface area (Å²) in [6, 6.07) is 5.55. The minimum absolute atomic E-state index is 0.107. The van der Waals surface area contributed by atoms with Crippen LogP contribution >= 0.6 is 11.8 Å². The number of anilines is 1. The fraction of sp³-hybridized carbons (Fsp3) is 0.462. The van der Waals surface area contributed by atoms with Crippen LogP contribution in [0.5, 0.6) is 0 Å². The SMILES string of the molecule is CSCC[C@H](N)C(=O)Nc1cc(C)cc(C)c1. The van der Waals surface area contributed by atoms with E-state index in [2.05, 4.69) is 11.4 Å². The van der Waals surface area contributed by atoms with E-state index in [4.69, 9.17) is 5.73 Å². The zero-order chi connectivity index (χ0) is 12.8. The third kappa shape index (κ3) is 4.79. The van der Waals surface area contributed by atoms with Crippen molar-refractivity contribution in [2.75, 3.05) is 17.3 Å². The van der Waals surface area contributed by atoms with Crippen molar-refractivity contribution in [2.24, 2.45) is 5.73 Å². The van der Waals surface area contributed by atoms with E-state index >= 15 is 0 Å². The molecule has 0 bridgehead atoms. The van der Waals surface area contributed by atoms with Gasteiger partial charge in [0.15, 0.2) is 0 Å². The van der Waals surface area contributed by atoms with Crippen molar-refractivity contribution in [3.8, 4) is 0 Å². The molecule has 0 unspecified atom stereocenters. The topological polar surface area (TPSA) is 55.1 Å². The first kappa shape index (κ1) is 14.1. The van der Waals surface area contributed by atoms with E-state index in [0.29, 0.717) is 6.42 Å². The number of carbonyl (C=O) groups is 1. The Bertz CT molecular complexity index is 373. The van der Waals surface area contributed by atoms with Crippen LogP contribution in [0.2, 0.25) is 0 Å². The summed E-state index contributed by atoms with van der Waals surface area (Å²) in [6.07, 6.45) is 2.71. The number of aryl methyl sites for hydroxylation is 2. The van der Waals surface area contributed by atoms with Gasteiger partial charge in [0.25, 0.3) is 0 Å². The van der Waals surface area contributed by atoms with Crippen LogP contribution in [0.25, 0.3) is 0 Å². The van der Waals surface area contributed by atoms with E-state index in [0.717, 1.165) is 22.6 Å². The number of nitrogens with two attached hydrogens (primary N) is 1. The minimum atomic E-state index is -0.428. The molecule has 1 aromatic carbocycles. The second-order valence-corrected chi connectivity index (χ2v) is 5.24. The quantitative estimate of drug-likeness (QED) is 0.845. The summed E-state index contributed by atoms with van der Waals surface area (Å²) in [6.45, 7) is 4.02. The van der Waals surface area contributed by atoms with Crippen LogP contribution in [0.15, 0.2) is 18.2 Å². The third-order valence-electron chi connectivity index (χ3n) is 2.46. The lowest BCUT2D eigenvalue weighted by Gasteiger charge is -2.12. The summed E-state index contributed by atoms with van der Waals surface area (Å²) in [5.74, 6) is 0.797. The second kappa shape index (κ2) is 6.67. The number of benzene rings is 1. The molecule has 1 amide bonds. The van der Waals surface area contributed by atoms with E-state index in [1.165, 1.54) is 0 Å².